The average Bonchev–Trinajstić information content (AvgIpc) is 3.47. The Bertz CT molecular complexity index is 2210. The molecule has 6 rings (SSSR count). The molecule has 0 spiro atoms. The topological polar surface area (TPSA) is 117 Å². The van der Waals surface area contributed by atoms with Gasteiger partial charge in [0.25, 0.3) is 0 Å². The van der Waals surface area contributed by atoms with E-state index in [1.165, 1.54) is 28.7 Å². The summed E-state index contributed by atoms with van der Waals surface area (Å²) < 4.78 is 48.1. The number of nitrogens with one attached hydrogen (secondary N) is 1. The second kappa shape index (κ2) is 12.7. The molecule has 1 N–H and O–H groups in total. The molecule has 0 saturated heterocycles. The molecule has 0 unspecified atom stereocenters. The van der Waals surface area contributed by atoms with Gasteiger partial charge in [-0.05, 0) is 79.1 Å². The van der Waals surface area contributed by atoms with Crippen LogP contribution in [0.25, 0.3) is 10.9 Å². The van der Waals surface area contributed by atoms with Gasteiger partial charge in [0, 0.05) is 24.0 Å². The summed E-state index contributed by atoms with van der Waals surface area (Å²) in [6.07, 6.45) is -1.72. The SMILES string of the molecule is COC(=O)C1=C(C)N(c2cccc(C(F)(F)F)c2)c2n[nH]c(=O)n2[C@@H]1c1ccc(C#N)cc1CCC[N+](C)(C)c1cccc2ncccc12. The molecule has 3 aromatic carbocycles. The van der Waals surface area contributed by atoms with E-state index in [-0.39, 0.29) is 22.9 Å². The van der Waals surface area contributed by atoms with Crippen molar-refractivity contribution < 1.29 is 22.7 Å². The number of esters is 1. The summed E-state index contributed by atoms with van der Waals surface area (Å²) in [5.74, 6) is -0.770. The summed E-state index contributed by atoms with van der Waals surface area (Å²) in [7, 11) is 5.41. The number of allylic oxidation sites excluding steroid dienone is 1. The standard InChI is InChI=1S/C36H32F3N7O3/c1-22-31(33(47)49-4)32(45-34(42-43-35(45)48)44(22)26-11-5-10-25(20-26)36(37,38)39)27-16-15-23(21-40)19-24(27)9-8-18-46(2,3)30-14-6-13-29-28(30)12-7-17-41-29/h5-7,10-17,19-20,32H,8-9,18H2,1-4H3/p+1/t32-/m1/s1. The molecular formula is C36H33F3N7O3+. The number of ether oxygens (including phenoxy) is 1. The number of carbonyl (C=O) groups excluding carboxylic acids is 1. The van der Waals surface area contributed by atoms with E-state index in [9.17, 15) is 28.0 Å². The number of pyridine rings is 1. The Morgan fingerprint density at radius 3 is 2.59 bits per heavy atom. The summed E-state index contributed by atoms with van der Waals surface area (Å²) >= 11 is 0. The van der Waals surface area contributed by atoms with Crippen LogP contribution in [0.4, 0.5) is 30.5 Å². The molecule has 0 radical (unpaired) electrons. The Morgan fingerprint density at radius 1 is 1.08 bits per heavy atom. The predicted molar refractivity (Wildman–Crippen MR) is 179 cm³/mol. The largest absolute Gasteiger partial charge is 0.466 e. The van der Waals surface area contributed by atoms with Gasteiger partial charge in [0.2, 0.25) is 5.95 Å². The molecule has 10 nitrogen and oxygen atoms in total. The minimum atomic E-state index is -4.63. The fourth-order valence-electron chi connectivity index (χ4n) is 6.64. The van der Waals surface area contributed by atoms with Crippen molar-refractivity contribution in [1.29, 1.82) is 5.26 Å². The number of alkyl halides is 3. The van der Waals surface area contributed by atoms with Crippen LogP contribution in [0.1, 0.15) is 41.6 Å². The third-order valence-electron chi connectivity index (χ3n) is 8.98. The third kappa shape index (κ3) is 6.07. The number of aromatic nitrogens is 4. The Hall–Kier alpha value is -5.74. The number of nitriles is 1. The third-order valence-corrected chi connectivity index (χ3v) is 8.98. The molecule has 49 heavy (non-hydrogen) atoms. The molecular weight excluding hydrogens is 635 g/mol. The summed E-state index contributed by atoms with van der Waals surface area (Å²) in [5, 5.41) is 17.4. The van der Waals surface area contributed by atoms with Crippen molar-refractivity contribution in [2.45, 2.75) is 32.0 Å². The number of aryl methyl sites for hydroxylation is 1. The maximum atomic E-state index is 13.7. The molecule has 5 aromatic rings. The van der Waals surface area contributed by atoms with Crippen molar-refractivity contribution in [2.75, 3.05) is 32.6 Å². The number of carbonyl (C=O) groups is 1. The second-order valence-corrected chi connectivity index (χ2v) is 12.4. The first-order valence-corrected chi connectivity index (χ1v) is 15.5. The van der Waals surface area contributed by atoms with Gasteiger partial charge in [-0.3, -0.25) is 14.4 Å². The number of hydrogen-bond acceptors (Lipinski definition) is 7. The van der Waals surface area contributed by atoms with Gasteiger partial charge in [-0.15, -0.1) is 5.10 Å². The van der Waals surface area contributed by atoms with Crippen molar-refractivity contribution in [1.82, 2.24) is 24.2 Å². The van der Waals surface area contributed by atoms with Crippen LogP contribution in [-0.2, 0) is 22.1 Å². The first kappa shape index (κ1) is 33.2. The minimum Gasteiger partial charge on any atom is -0.466 e. The number of fused-ring (bicyclic) bond motifs is 2. The number of methoxy groups -OCH3 is 1. The number of nitrogens with zero attached hydrogens (tertiary/aromatic N) is 6. The lowest BCUT2D eigenvalue weighted by Crippen LogP contribution is -2.41. The Morgan fingerprint density at radius 2 is 1.86 bits per heavy atom. The van der Waals surface area contributed by atoms with Crippen molar-refractivity contribution in [3.05, 3.63) is 123 Å². The van der Waals surface area contributed by atoms with Crippen LogP contribution in [0.3, 0.4) is 0 Å². The minimum absolute atomic E-state index is 0.00264. The maximum Gasteiger partial charge on any atom is 0.416 e. The molecule has 0 amide bonds. The van der Waals surface area contributed by atoms with Gasteiger partial charge in [-0.25, -0.2) is 19.3 Å². The van der Waals surface area contributed by atoms with Crippen LogP contribution in [-0.4, -0.2) is 53.5 Å². The summed E-state index contributed by atoms with van der Waals surface area (Å²) in [6.45, 7) is 2.28. The predicted octanol–water partition coefficient (Wildman–Crippen LogP) is 6.40. The van der Waals surface area contributed by atoms with Crippen molar-refractivity contribution >= 4 is 34.2 Å². The molecule has 1 aliphatic heterocycles. The maximum absolute atomic E-state index is 13.7. The highest BCUT2D eigenvalue weighted by Crippen LogP contribution is 2.44. The molecule has 2 aromatic heterocycles. The van der Waals surface area contributed by atoms with Gasteiger partial charge in [-0.1, -0.05) is 18.2 Å². The van der Waals surface area contributed by atoms with Crippen molar-refractivity contribution in [3.63, 3.8) is 0 Å². The summed E-state index contributed by atoms with van der Waals surface area (Å²) in [5.41, 5.74) is 2.43. The fraction of sp³-hybridized carbons (Fsp3) is 0.250. The van der Waals surface area contributed by atoms with E-state index in [1.807, 2.05) is 24.3 Å². The molecule has 0 saturated carbocycles. The smallest absolute Gasteiger partial charge is 0.416 e. The normalized spacial score (nSPS) is 14.9. The molecule has 250 valence electrons. The van der Waals surface area contributed by atoms with E-state index in [1.54, 1.807) is 31.3 Å². The van der Waals surface area contributed by atoms with E-state index >= 15 is 0 Å². The number of hydrogen-bond donors (Lipinski definition) is 1. The second-order valence-electron chi connectivity index (χ2n) is 12.4. The number of H-pyrrole nitrogens is 1. The average molecular weight is 669 g/mol. The number of quaternary nitrogens is 1. The quantitative estimate of drug-likeness (QED) is 0.150. The van der Waals surface area contributed by atoms with Gasteiger partial charge >= 0.3 is 17.8 Å². The fourth-order valence-corrected chi connectivity index (χ4v) is 6.64. The first-order valence-electron chi connectivity index (χ1n) is 15.5. The molecule has 3 heterocycles. The van der Waals surface area contributed by atoms with Crippen LogP contribution in [0, 0.1) is 11.3 Å². The highest BCUT2D eigenvalue weighted by atomic mass is 19.4. The van der Waals surface area contributed by atoms with Crippen LogP contribution in [0.2, 0.25) is 0 Å². The van der Waals surface area contributed by atoms with E-state index in [0.717, 1.165) is 34.3 Å². The molecule has 1 aliphatic rings. The Kier molecular flexibility index (Phi) is 8.60. The monoisotopic (exact) mass is 668 g/mol. The zero-order chi connectivity index (χ0) is 35.1. The number of aromatic amines is 1. The molecule has 1 atom stereocenters. The molecule has 13 heteroatoms. The lowest BCUT2D eigenvalue weighted by molar-refractivity contribution is -0.138. The lowest BCUT2D eigenvalue weighted by atomic mass is 9.88. The lowest BCUT2D eigenvalue weighted by Gasteiger charge is -2.36. The number of anilines is 2. The van der Waals surface area contributed by atoms with Crippen LogP contribution >= 0.6 is 0 Å². The molecule has 0 bridgehead atoms. The zero-order valence-electron chi connectivity index (χ0n) is 27.2. The van der Waals surface area contributed by atoms with E-state index in [0.29, 0.717) is 35.0 Å². The van der Waals surface area contributed by atoms with Gasteiger partial charge in [0.05, 0.1) is 61.4 Å². The van der Waals surface area contributed by atoms with E-state index in [2.05, 4.69) is 41.4 Å². The summed E-state index contributed by atoms with van der Waals surface area (Å²) in [4.78, 5) is 32.8. The van der Waals surface area contributed by atoms with Crippen molar-refractivity contribution in [3.8, 4) is 6.07 Å². The molecule has 0 fully saturated rings. The number of halogens is 3. The van der Waals surface area contributed by atoms with Gasteiger partial charge in [0.1, 0.15) is 11.7 Å². The Labute approximate surface area is 279 Å². The highest BCUT2D eigenvalue weighted by molar-refractivity contribution is 5.94. The van der Waals surface area contributed by atoms with Gasteiger partial charge < -0.3 is 4.74 Å². The first-order chi connectivity index (χ1) is 23.4. The van der Waals surface area contributed by atoms with Crippen LogP contribution in [0.5, 0.6) is 0 Å². The van der Waals surface area contributed by atoms with E-state index in [4.69, 9.17) is 4.74 Å². The number of benzene rings is 3. The Balaban J connectivity index is 1.43. The van der Waals surface area contributed by atoms with Crippen LogP contribution < -0.4 is 15.1 Å². The van der Waals surface area contributed by atoms with Gasteiger partial charge in [-0.2, -0.15) is 18.4 Å². The van der Waals surface area contributed by atoms with Crippen LogP contribution in [0.15, 0.2) is 95.1 Å². The highest BCUT2D eigenvalue weighted by Gasteiger charge is 2.41. The van der Waals surface area contributed by atoms with Gasteiger partial charge in [0.15, 0.2) is 0 Å². The van der Waals surface area contributed by atoms with E-state index < -0.39 is 29.4 Å². The number of rotatable bonds is 8. The zero-order valence-corrected chi connectivity index (χ0v) is 27.2. The summed E-state index contributed by atoms with van der Waals surface area (Å²) in [6, 6.07) is 20.7. The molecule has 0 aliphatic carbocycles. The van der Waals surface area contributed by atoms with Crippen molar-refractivity contribution in [2.24, 2.45) is 0 Å².